The first-order valence-electron chi connectivity index (χ1n) is 7.26. The van der Waals surface area contributed by atoms with Crippen molar-refractivity contribution < 1.29 is 0 Å². The van der Waals surface area contributed by atoms with Crippen LogP contribution in [-0.2, 0) is 4.75 Å². The molecule has 0 saturated heterocycles. The van der Waals surface area contributed by atoms with E-state index in [1.807, 2.05) is 0 Å². The van der Waals surface area contributed by atoms with Crippen molar-refractivity contribution >= 4 is 11.8 Å². The van der Waals surface area contributed by atoms with Crippen molar-refractivity contribution in [3.05, 3.63) is 35.9 Å². The smallest absolute Gasteiger partial charge is 0.0449 e. The fourth-order valence-corrected chi connectivity index (χ4v) is 6.65. The molecule has 0 radical (unpaired) electrons. The second kappa shape index (κ2) is 4.03. The van der Waals surface area contributed by atoms with Gasteiger partial charge in [-0.05, 0) is 40.9 Å². The van der Waals surface area contributed by atoms with Crippen LogP contribution in [0.3, 0.4) is 0 Å². The number of thioether (sulfide) groups is 1. The minimum Gasteiger partial charge on any atom is -0.150 e. The van der Waals surface area contributed by atoms with E-state index in [0.29, 0.717) is 10.2 Å². The van der Waals surface area contributed by atoms with Crippen LogP contribution in [-0.4, -0.2) is 5.75 Å². The van der Waals surface area contributed by atoms with Crippen molar-refractivity contribution in [2.45, 2.75) is 38.9 Å². The van der Waals surface area contributed by atoms with Crippen LogP contribution in [0.2, 0.25) is 0 Å². The minimum atomic E-state index is 0.430. The van der Waals surface area contributed by atoms with E-state index in [1.165, 1.54) is 12.2 Å². The van der Waals surface area contributed by atoms with Crippen LogP contribution in [0.15, 0.2) is 30.3 Å². The molecule has 3 rings (SSSR count). The molecule has 0 nitrogen and oxygen atoms in total. The second-order valence-electron chi connectivity index (χ2n) is 6.62. The predicted molar refractivity (Wildman–Crippen MR) is 80.8 cm³/mol. The topological polar surface area (TPSA) is 0 Å². The van der Waals surface area contributed by atoms with Crippen molar-refractivity contribution in [3.8, 4) is 0 Å². The molecule has 0 heterocycles. The molecule has 0 aliphatic heterocycles. The van der Waals surface area contributed by atoms with E-state index >= 15 is 0 Å². The monoisotopic (exact) mass is 260 g/mol. The average Bonchev–Trinajstić information content (AvgIpc) is 2.87. The average molecular weight is 260 g/mol. The Balaban J connectivity index is 1.93. The summed E-state index contributed by atoms with van der Waals surface area (Å²) in [6.45, 7) is 9.62. The van der Waals surface area contributed by atoms with Crippen LogP contribution in [0.25, 0.3) is 0 Å². The van der Waals surface area contributed by atoms with E-state index in [-0.39, 0.29) is 0 Å². The molecule has 0 bridgehead atoms. The molecule has 2 aliphatic rings. The maximum absolute atomic E-state index is 2.51. The van der Waals surface area contributed by atoms with Crippen LogP contribution in [0.4, 0.5) is 0 Å². The van der Waals surface area contributed by atoms with Crippen LogP contribution in [0.5, 0.6) is 0 Å². The Bertz CT molecular complexity index is 438. The Morgan fingerprint density at radius 3 is 2.44 bits per heavy atom. The summed E-state index contributed by atoms with van der Waals surface area (Å²) >= 11 is 2.19. The van der Waals surface area contributed by atoms with Gasteiger partial charge in [-0.25, -0.2) is 0 Å². The largest absolute Gasteiger partial charge is 0.150 e. The molecule has 2 aliphatic carbocycles. The molecule has 2 fully saturated rings. The molecular formula is C17H24S. The van der Waals surface area contributed by atoms with Crippen molar-refractivity contribution in [2.75, 3.05) is 5.75 Å². The molecule has 98 valence electrons. The van der Waals surface area contributed by atoms with Gasteiger partial charge in [-0.3, -0.25) is 0 Å². The highest BCUT2D eigenvalue weighted by molar-refractivity contribution is 8.00. The number of benzene rings is 1. The van der Waals surface area contributed by atoms with Gasteiger partial charge in [0.25, 0.3) is 0 Å². The quantitative estimate of drug-likeness (QED) is 0.738. The molecule has 0 N–H and O–H groups in total. The molecule has 1 aromatic carbocycles. The molecule has 2 saturated carbocycles. The Hall–Kier alpha value is -0.430. The van der Waals surface area contributed by atoms with Crippen LogP contribution >= 0.6 is 11.8 Å². The summed E-state index contributed by atoms with van der Waals surface area (Å²) in [6, 6.07) is 11.2. The zero-order valence-corrected chi connectivity index (χ0v) is 12.8. The number of fused-ring (bicyclic) bond motifs is 1. The van der Waals surface area contributed by atoms with E-state index in [0.717, 1.165) is 17.8 Å². The molecule has 1 heteroatoms. The van der Waals surface area contributed by atoms with Gasteiger partial charge in [-0.1, -0.05) is 58.0 Å². The van der Waals surface area contributed by atoms with Gasteiger partial charge in [0.2, 0.25) is 0 Å². The Morgan fingerprint density at radius 2 is 1.94 bits per heavy atom. The summed E-state index contributed by atoms with van der Waals surface area (Å²) in [5, 5.41) is 0. The fourth-order valence-electron chi connectivity index (χ4n) is 4.83. The third-order valence-corrected chi connectivity index (χ3v) is 6.69. The summed E-state index contributed by atoms with van der Waals surface area (Å²) in [7, 11) is 0. The minimum absolute atomic E-state index is 0.430. The van der Waals surface area contributed by atoms with E-state index in [1.54, 1.807) is 5.56 Å². The van der Waals surface area contributed by atoms with Gasteiger partial charge >= 0.3 is 0 Å². The van der Waals surface area contributed by atoms with E-state index in [4.69, 9.17) is 0 Å². The van der Waals surface area contributed by atoms with Gasteiger partial charge in [-0.15, -0.1) is 0 Å². The summed E-state index contributed by atoms with van der Waals surface area (Å²) in [4.78, 5) is 0. The SMILES string of the molecule is CCSC1(c2ccccc2)CC2(C)C(C(C)C)C12. The van der Waals surface area contributed by atoms with E-state index < -0.39 is 0 Å². The highest BCUT2D eigenvalue weighted by Gasteiger charge is 2.79. The highest BCUT2D eigenvalue weighted by atomic mass is 32.2. The molecule has 0 amide bonds. The van der Waals surface area contributed by atoms with Crippen molar-refractivity contribution in [3.63, 3.8) is 0 Å². The lowest BCUT2D eigenvalue weighted by atomic mass is 9.71. The number of hydrogen-bond acceptors (Lipinski definition) is 1. The Kier molecular flexibility index (Phi) is 2.82. The van der Waals surface area contributed by atoms with Gasteiger partial charge in [0.1, 0.15) is 0 Å². The molecular weight excluding hydrogens is 236 g/mol. The number of hydrogen-bond donors (Lipinski definition) is 0. The first-order valence-corrected chi connectivity index (χ1v) is 8.24. The maximum atomic E-state index is 2.51. The highest BCUT2D eigenvalue weighted by Crippen LogP contribution is 2.84. The molecule has 4 unspecified atom stereocenters. The maximum Gasteiger partial charge on any atom is 0.0449 e. The third-order valence-electron chi connectivity index (χ3n) is 5.25. The predicted octanol–water partition coefficient (Wildman–Crippen LogP) is 4.95. The lowest BCUT2D eigenvalue weighted by Crippen LogP contribution is -2.39. The fraction of sp³-hybridized carbons (Fsp3) is 0.647. The molecule has 0 spiro atoms. The standard InChI is InChI=1S/C17H24S/c1-5-18-17(13-9-7-6-8-10-13)11-16(4)14(12(2)3)15(16)17/h6-10,12,14-15H,5,11H2,1-4H3. The first-order chi connectivity index (χ1) is 8.56. The summed E-state index contributed by atoms with van der Waals surface area (Å²) in [5.41, 5.74) is 2.22. The Labute approximate surface area is 116 Å². The van der Waals surface area contributed by atoms with Crippen molar-refractivity contribution in [1.82, 2.24) is 0 Å². The normalized spacial score (nSPS) is 41.4. The van der Waals surface area contributed by atoms with Crippen LogP contribution < -0.4 is 0 Å². The van der Waals surface area contributed by atoms with Crippen molar-refractivity contribution in [2.24, 2.45) is 23.2 Å². The van der Waals surface area contributed by atoms with E-state index in [2.05, 4.69) is 69.8 Å². The molecule has 0 aromatic heterocycles. The van der Waals surface area contributed by atoms with E-state index in [9.17, 15) is 0 Å². The molecule has 4 atom stereocenters. The lowest BCUT2D eigenvalue weighted by Gasteiger charge is -2.45. The zero-order valence-electron chi connectivity index (χ0n) is 11.9. The summed E-state index contributed by atoms with van der Waals surface area (Å²) in [5.74, 6) is 3.92. The Morgan fingerprint density at radius 1 is 1.28 bits per heavy atom. The lowest BCUT2D eigenvalue weighted by molar-refractivity contribution is 0.235. The number of rotatable bonds is 4. The summed E-state index contributed by atoms with van der Waals surface area (Å²) in [6.07, 6.45) is 1.38. The van der Waals surface area contributed by atoms with Gasteiger partial charge < -0.3 is 0 Å². The van der Waals surface area contributed by atoms with Gasteiger partial charge in [0.15, 0.2) is 0 Å². The summed E-state index contributed by atoms with van der Waals surface area (Å²) < 4.78 is 0.430. The first kappa shape index (κ1) is 12.6. The third kappa shape index (κ3) is 1.46. The van der Waals surface area contributed by atoms with Crippen LogP contribution in [0.1, 0.15) is 39.7 Å². The van der Waals surface area contributed by atoms with Gasteiger partial charge in [0, 0.05) is 4.75 Å². The van der Waals surface area contributed by atoms with Gasteiger partial charge in [0.05, 0.1) is 0 Å². The second-order valence-corrected chi connectivity index (χ2v) is 8.21. The van der Waals surface area contributed by atoms with Crippen molar-refractivity contribution in [1.29, 1.82) is 0 Å². The van der Waals surface area contributed by atoms with Crippen LogP contribution in [0, 0.1) is 23.2 Å². The molecule has 1 aromatic rings. The molecule has 18 heavy (non-hydrogen) atoms. The van der Waals surface area contributed by atoms with Gasteiger partial charge in [-0.2, -0.15) is 11.8 Å². The zero-order chi connectivity index (χ0) is 13.0.